The first-order valence-corrected chi connectivity index (χ1v) is 5.01. The van der Waals surface area contributed by atoms with E-state index in [4.69, 9.17) is 0 Å². The minimum Gasteiger partial charge on any atom is -0.386 e. The molecule has 1 saturated carbocycles. The number of hydrogen-bond donors (Lipinski definition) is 1. The third-order valence-corrected chi connectivity index (χ3v) is 3.16. The Labute approximate surface area is 82.6 Å². The normalized spacial score (nSPS) is 24.5. The molecule has 0 bridgehead atoms. The lowest BCUT2D eigenvalue weighted by Crippen LogP contribution is -2.63. The molecule has 1 aromatic rings. The lowest BCUT2D eigenvalue weighted by atomic mass is 9.89. The van der Waals surface area contributed by atoms with Gasteiger partial charge in [-0.1, -0.05) is 0 Å². The van der Waals surface area contributed by atoms with Gasteiger partial charge in [-0.25, -0.2) is 9.97 Å². The van der Waals surface area contributed by atoms with Crippen molar-refractivity contribution in [2.24, 2.45) is 5.92 Å². The summed E-state index contributed by atoms with van der Waals surface area (Å²) in [5.41, 5.74) is -0.426. The van der Waals surface area contributed by atoms with E-state index in [1.54, 1.807) is 12.5 Å². The average molecular weight is 191 g/mol. The highest BCUT2D eigenvalue weighted by molar-refractivity contribution is 5.43. The summed E-state index contributed by atoms with van der Waals surface area (Å²) in [6.45, 7) is 1.46. The standard InChI is InChI=1S/C10H13N3O/c14-10(8-1-2-8)5-13(6-10)9-3-4-11-7-12-9/h3-4,7-8,14H,1-2,5-6H2. The summed E-state index contributed by atoms with van der Waals surface area (Å²) in [6.07, 6.45) is 5.66. The Morgan fingerprint density at radius 3 is 2.79 bits per heavy atom. The van der Waals surface area contributed by atoms with Gasteiger partial charge in [0.15, 0.2) is 0 Å². The zero-order valence-electron chi connectivity index (χ0n) is 7.93. The molecule has 0 amide bonds. The number of nitrogens with zero attached hydrogens (tertiary/aromatic N) is 3. The second-order valence-electron chi connectivity index (χ2n) is 4.30. The molecule has 2 aliphatic rings. The fourth-order valence-corrected chi connectivity index (χ4v) is 2.13. The smallest absolute Gasteiger partial charge is 0.132 e. The Kier molecular flexibility index (Phi) is 1.56. The van der Waals surface area contributed by atoms with Crippen molar-refractivity contribution in [3.05, 3.63) is 18.6 Å². The van der Waals surface area contributed by atoms with Crippen LogP contribution in [0.15, 0.2) is 18.6 Å². The van der Waals surface area contributed by atoms with Gasteiger partial charge in [-0.05, 0) is 24.8 Å². The highest BCUT2D eigenvalue weighted by Crippen LogP contribution is 2.45. The third kappa shape index (κ3) is 1.18. The predicted octanol–water partition coefficient (Wildman–Crippen LogP) is 0.438. The zero-order valence-corrected chi connectivity index (χ0v) is 7.93. The van der Waals surface area contributed by atoms with Crippen molar-refractivity contribution in [3.63, 3.8) is 0 Å². The van der Waals surface area contributed by atoms with Crippen molar-refractivity contribution in [1.82, 2.24) is 9.97 Å². The molecule has 1 aliphatic heterocycles. The summed E-state index contributed by atoms with van der Waals surface area (Å²) in [5.74, 6) is 1.46. The SMILES string of the molecule is OC1(C2CC2)CN(c2ccncn2)C1. The van der Waals surface area contributed by atoms with Crippen molar-refractivity contribution >= 4 is 5.82 Å². The molecule has 4 heteroatoms. The van der Waals surface area contributed by atoms with Crippen molar-refractivity contribution < 1.29 is 5.11 Å². The van der Waals surface area contributed by atoms with Gasteiger partial charge in [-0.15, -0.1) is 0 Å². The molecule has 2 fully saturated rings. The maximum absolute atomic E-state index is 10.1. The zero-order chi connectivity index (χ0) is 9.60. The van der Waals surface area contributed by atoms with Crippen molar-refractivity contribution in [3.8, 4) is 0 Å². The number of β-amino-alcohol motifs (C(OH)–C–C–N with tert-alkyl or cyclic N) is 1. The van der Waals surface area contributed by atoms with E-state index in [9.17, 15) is 5.11 Å². The highest BCUT2D eigenvalue weighted by atomic mass is 16.3. The molecule has 1 N–H and O–H groups in total. The van der Waals surface area contributed by atoms with Gasteiger partial charge in [0.05, 0.1) is 13.1 Å². The molecule has 1 saturated heterocycles. The summed E-state index contributed by atoms with van der Waals surface area (Å²) in [6, 6.07) is 1.88. The van der Waals surface area contributed by atoms with Gasteiger partial charge in [0.2, 0.25) is 0 Å². The van der Waals surface area contributed by atoms with Gasteiger partial charge in [0, 0.05) is 6.20 Å². The summed E-state index contributed by atoms with van der Waals surface area (Å²) in [5, 5.41) is 10.1. The van der Waals surface area contributed by atoms with E-state index in [1.165, 1.54) is 12.8 Å². The van der Waals surface area contributed by atoms with Crippen LogP contribution in [0.2, 0.25) is 0 Å². The third-order valence-electron chi connectivity index (χ3n) is 3.16. The molecule has 0 aromatic carbocycles. The van der Waals surface area contributed by atoms with Crippen molar-refractivity contribution in [1.29, 1.82) is 0 Å². The van der Waals surface area contributed by atoms with E-state index < -0.39 is 5.60 Å². The van der Waals surface area contributed by atoms with E-state index in [0.29, 0.717) is 5.92 Å². The first kappa shape index (κ1) is 8.17. The molecule has 14 heavy (non-hydrogen) atoms. The molecule has 2 heterocycles. The van der Waals surface area contributed by atoms with Crippen LogP contribution in [0, 0.1) is 5.92 Å². The second-order valence-corrected chi connectivity index (χ2v) is 4.30. The lowest BCUT2D eigenvalue weighted by Gasteiger charge is -2.47. The maximum atomic E-state index is 10.1. The van der Waals surface area contributed by atoms with Crippen LogP contribution >= 0.6 is 0 Å². The van der Waals surface area contributed by atoms with Crippen LogP contribution in [0.25, 0.3) is 0 Å². The fourth-order valence-electron chi connectivity index (χ4n) is 2.13. The van der Waals surface area contributed by atoms with Crippen LogP contribution in [0.4, 0.5) is 5.82 Å². The van der Waals surface area contributed by atoms with Crippen molar-refractivity contribution in [2.45, 2.75) is 18.4 Å². The maximum Gasteiger partial charge on any atom is 0.132 e. The molecule has 4 nitrogen and oxygen atoms in total. The Hall–Kier alpha value is -1.16. The molecule has 0 atom stereocenters. The quantitative estimate of drug-likeness (QED) is 0.736. The molecular formula is C10H13N3O. The predicted molar refractivity (Wildman–Crippen MR) is 51.9 cm³/mol. The van der Waals surface area contributed by atoms with Gasteiger partial charge >= 0.3 is 0 Å². The van der Waals surface area contributed by atoms with Crippen LogP contribution < -0.4 is 4.90 Å². The molecule has 3 rings (SSSR count). The molecule has 0 radical (unpaired) electrons. The Morgan fingerprint density at radius 1 is 1.43 bits per heavy atom. The first-order chi connectivity index (χ1) is 6.78. The molecule has 1 aliphatic carbocycles. The van der Waals surface area contributed by atoms with Gasteiger partial charge in [0.1, 0.15) is 17.7 Å². The summed E-state index contributed by atoms with van der Waals surface area (Å²) in [7, 11) is 0. The Bertz CT molecular complexity index is 330. The van der Waals surface area contributed by atoms with Crippen LogP contribution in [0.5, 0.6) is 0 Å². The topological polar surface area (TPSA) is 49.2 Å². The number of aliphatic hydroxyl groups is 1. The monoisotopic (exact) mass is 191 g/mol. The molecule has 0 unspecified atom stereocenters. The molecule has 1 aromatic heterocycles. The molecular weight excluding hydrogens is 178 g/mol. The lowest BCUT2D eigenvalue weighted by molar-refractivity contribution is -0.00975. The minimum absolute atomic E-state index is 0.426. The van der Waals surface area contributed by atoms with Gasteiger partial charge in [-0.3, -0.25) is 0 Å². The Balaban J connectivity index is 1.69. The average Bonchev–Trinajstić information content (AvgIpc) is 2.98. The fraction of sp³-hybridized carbons (Fsp3) is 0.600. The van der Waals surface area contributed by atoms with Crippen LogP contribution in [0.1, 0.15) is 12.8 Å². The van der Waals surface area contributed by atoms with E-state index in [2.05, 4.69) is 14.9 Å². The van der Waals surface area contributed by atoms with Crippen LogP contribution in [0.3, 0.4) is 0 Å². The van der Waals surface area contributed by atoms with Gasteiger partial charge in [-0.2, -0.15) is 0 Å². The Morgan fingerprint density at radius 2 is 2.21 bits per heavy atom. The number of rotatable bonds is 2. The second kappa shape index (κ2) is 2.67. The number of anilines is 1. The van der Waals surface area contributed by atoms with E-state index in [1.807, 2.05) is 6.07 Å². The first-order valence-electron chi connectivity index (χ1n) is 5.01. The number of aromatic nitrogens is 2. The largest absolute Gasteiger partial charge is 0.386 e. The van der Waals surface area contributed by atoms with Crippen molar-refractivity contribution in [2.75, 3.05) is 18.0 Å². The van der Waals surface area contributed by atoms with E-state index in [0.717, 1.165) is 18.9 Å². The molecule has 0 spiro atoms. The van der Waals surface area contributed by atoms with Gasteiger partial charge < -0.3 is 10.0 Å². The highest BCUT2D eigenvalue weighted by Gasteiger charge is 2.52. The van der Waals surface area contributed by atoms with Gasteiger partial charge in [0.25, 0.3) is 0 Å². The van der Waals surface area contributed by atoms with E-state index >= 15 is 0 Å². The van der Waals surface area contributed by atoms with E-state index in [-0.39, 0.29) is 0 Å². The van der Waals surface area contributed by atoms with Crippen LogP contribution in [-0.4, -0.2) is 33.8 Å². The summed E-state index contributed by atoms with van der Waals surface area (Å²) in [4.78, 5) is 10.1. The van der Waals surface area contributed by atoms with Crippen LogP contribution in [-0.2, 0) is 0 Å². The summed E-state index contributed by atoms with van der Waals surface area (Å²) < 4.78 is 0. The minimum atomic E-state index is -0.426. The summed E-state index contributed by atoms with van der Waals surface area (Å²) >= 11 is 0. The molecule has 74 valence electrons. The number of hydrogen-bond acceptors (Lipinski definition) is 4.